The number of rotatable bonds is 2. The van der Waals surface area contributed by atoms with Crippen LogP contribution in [0.2, 0.25) is 0 Å². The van der Waals surface area contributed by atoms with Gasteiger partial charge in [0.25, 0.3) is 0 Å². The minimum atomic E-state index is -0.922. The lowest BCUT2D eigenvalue weighted by Gasteiger charge is -2.02. The third-order valence-corrected chi connectivity index (χ3v) is 2.44. The van der Waals surface area contributed by atoms with Gasteiger partial charge < -0.3 is 9.67 Å². The Labute approximate surface area is 93.3 Å². The molecule has 2 aromatic rings. The Bertz CT molecular complexity index is 599. The predicted molar refractivity (Wildman–Crippen MR) is 62.3 cm³/mol. The van der Waals surface area contributed by atoms with E-state index in [2.05, 4.69) is 11.8 Å². The number of benzene rings is 1. The predicted octanol–water partition coefficient (Wildman–Crippen LogP) is 2.36. The van der Waals surface area contributed by atoms with Gasteiger partial charge in [-0.15, -0.1) is 5.92 Å². The molecule has 0 amide bonds. The van der Waals surface area contributed by atoms with Crippen LogP contribution in [0.4, 0.5) is 0 Å². The van der Waals surface area contributed by atoms with Crippen LogP contribution in [0.3, 0.4) is 0 Å². The average molecular weight is 213 g/mol. The zero-order chi connectivity index (χ0) is 11.5. The summed E-state index contributed by atoms with van der Waals surface area (Å²) in [6.45, 7) is 2.15. The number of nitrogens with zero attached hydrogens (tertiary/aromatic N) is 1. The number of aromatic nitrogens is 1. The van der Waals surface area contributed by atoms with E-state index in [1.165, 1.54) is 0 Å². The maximum Gasteiger partial charge on any atom is 0.352 e. The highest BCUT2D eigenvalue weighted by Crippen LogP contribution is 2.19. The zero-order valence-electron chi connectivity index (χ0n) is 8.90. The highest BCUT2D eigenvalue weighted by Gasteiger charge is 2.12. The van der Waals surface area contributed by atoms with Crippen molar-refractivity contribution in [3.8, 4) is 11.8 Å². The van der Waals surface area contributed by atoms with E-state index in [4.69, 9.17) is 5.11 Å². The van der Waals surface area contributed by atoms with Gasteiger partial charge in [-0.25, -0.2) is 4.79 Å². The van der Waals surface area contributed by atoms with Crippen molar-refractivity contribution in [2.24, 2.45) is 0 Å². The van der Waals surface area contributed by atoms with Crippen molar-refractivity contribution in [3.63, 3.8) is 0 Å². The Morgan fingerprint density at radius 3 is 2.88 bits per heavy atom. The molecule has 0 radical (unpaired) electrons. The number of aromatic carboxylic acids is 1. The van der Waals surface area contributed by atoms with Crippen molar-refractivity contribution < 1.29 is 9.90 Å². The summed E-state index contributed by atoms with van der Waals surface area (Å²) in [6, 6.07) is 9.26. The molecule has 80 valence electrons. The molecule has 2 rings (SSSR count). The smallest absolute Gasteiger partial charge is 0.352 e. The van der Waals surface area contributed by atoms with Gasteiger partial charge in [-0.1, -0.05) is 24.1 Å². The summed E-state index contributed by atoms with van der Waals surface area (Å²) in [4.78, 5) is 11.1. The van der Waals surface area contributed by atoms with Crippen molar-refractivity contribution in [1.29, 1.82) is 0 Å². The Balaban J connectivity index is 2.67. The molecule has 3 heteroatoms. The lowest BCUT2D eigenvalue weighted by Crippen LogP contribution is -2.07. The molecule has 0 fully saturated rings. The van der Waals surface area contributed by atoms with Crippen molar-refractivity contribution in [1.82, 2.24) is 4.57 Å². The number of carboxylic acids is 1. The minimum Gasteiger partial charge on any atom is -0.477 e. The second kappa shape index (κ2) is 4.11. The fourth-order valence-corrected chi connectivity index (χ4v) is 1.72. The number of hydrogen-bond acceptors (Lipinski definition) is 1. The molecule has 0 aliphatic heterocycles. The molecule has 0 spiro atoms. The van der Waals surface area contributed by atoms with Crippen LogP contribution in [0.15, 0.2) is 30.3 Å². The Kier molecular flexibility index (Phi) is 2.65. The van der Waals surface area contributed by atoms with Crippen molar-refractivity contribution in [3.05, 3.63) is 36.0 Å². The normalized spacial score (nSPS) is 9.81. The molecule has 1 aromatic carbocycles. The van der Waals surface area contributed by atoms with Gasteiger partial charge in [0, 0.05) is 10.9 Å². The summed E-state index contributed by atoms with van der Waals surface area (Å²) in [5, 5.41) is 10.0. The molecule has 1 N–H and O–H groups in total. The van der Waals surface area contributed by atoms with Gasteiger partial charge in [-0.2, -0.15) is 0 Å². The van der Waals surface area contributed by atoms with Gasteiger partial charge in [-0.3, -0.25) is 0 Å². The first-order chi connectivity index (χ1) is 7.74. The van der Waals surface area contributed by atoms with E-state index in [-0.39, 0.29) is 5.69 Å². The highest BCUT2D eigenvalue weighted by atomic mass is 16.4. The van der Waals surface area contributed by atoms with Crippen LogP contribution in [0.25, 0.3) is 10.9 Å². The van der Waals surface area contributed by atoms with E-state index < -0.39 is 5.97 Å². The molecule has 3 nitrogen and oxygen atoms in total. The van der Waals surface area contributed by atoms with E-state index in [1.54, 1.807) is 17.6 Å². The molecule has 0 atom stereocenters. The number of hydrogen-bond donors (Lipinski definition) is 1. The SMILES string of the molecule is CC#CCn1c(C(=O)O)cc2ccccc21. The second-order valence-electron chi connectivity index (χ2n) is 3.41. The zero-order valence-corrected chi connectivity index (χ0v) is 8.90. The van der Waals surface area contributed by atoms with Crippen molar-refractivity contribution >= 4 is 16.9 Å². The van der Waals surface area contributed by atoms with Crippen LogP contribution in [-0.4, -0.2) is 15.6 Å². The summed E-state index contributed by atoms with van der Waals surface area (Å²) in [6.07, 6.45) is 0. The molecular weight excluding hydrogens is 202 g/mol. The van der Waals surface area contributed by atoms with Crippen LogP contribution in [0.1, 0.15) is 17.4 Å². The number of para-hydroxylation sites is 1. The fraction of sp³-hybridized carbons (Fsp3) is 0.154. The van der Waals surface area contributed by atoms with E-state index in [9.17, 15) is 4.79 Å². The highest BCUT2D eigenvalue weighted by molar-refractivity contribution is 5.94. The van der Waals surface area contributed by atoms with Gasteiger partial charge >= 0.3 is 5.97 Å². The lowest BCUT2D eigenvalue weighted by molar-refractivity contribution is 0.0686. The first-order valence-electron chi connectivity index (χ1n) is 4.95. The van der Waals surface area contributed by atoms with Crippen molar-refractivity contribution in [2.45, 2.75) is 13.5 Å². The molecule has 0 saturated carbocycles. The summed E-state index contributed by atoms with van der Waals surface area (Å²) >= 11 is 0. The number of carboxylic acid groups (broad SMARTS) is 1. The molecule has 0 aliphatic rings. The van der Waals surface area contributed by atoms with Crippen LogP contribution < -0.4 is 0 Å². The number of fused-ring (bicyclic) bond motifs is 1. The van der Waals surface area contributed by atoms with E-state index in [1.807, 2.05) is 24.3 Å². The Hall–Kier alpha value is -2.21. The van der Waals surface area contributed by atoms with Crippen molar-refractivity contribution in [2.75, 3.05) is 0 Å². The first-order valence-corrected chi connectivity index (χ1v) is 4.95. The topological polar surface area (TPSA) is 42.2 Å². The average Bonchev–Trinajstić information content (AvgIpc) is 2.65. The molecule has 16 heavy (non-hydrogen) atoms. The summed E-state index contributed by atoms with van der Waals surface area (Å²) in [7, 11) is 0. The Morgan fingerprint density at radius 1 is 1.44 bits per heavy atom. The molecule has 1 heterocycles. The van der Waals surface area contributed by atoms with Gasteiger partial charge in [0.15, 0.2) is 0 Å². The van der Waals surface area contributed by atoms with E-state index in [0.717, 1.165) is 10.9 Å². The Morgan fingerprint density at radius 2 is 2.19 bits per heavy atom. The molecule has 0 unspecified atom stereocenters. The van der Waals surface area contributed by atoms with Gasteiger partial charge in [0.05, 0.1) is 6.54 Å². The standard InChI is InChI=1S/C13H11NO2/c1-2-3-8-14-11-7-5-4-6-10(11)9-12(14)13(15)16/h4-7,9H,8H2,1H3,(H,15,16). The molecule has 1 aromatic heterocycles. The van der Waals surface area contributed by atoms with E-state index in [0.29, 0.717) is 6.54 Å². The second-order valence-corrected chi connectivity index (χ2v) is 3.41. The van der Waals surface area contributed by atoms with Crippen LogP contribution in [-0.2, 0) is 6.54 Å². The summed E-state index contributed by atoms with van der Waals surface area (Å²) < 4.78 is 1.72. The van der Waals surface area contributed by atoms with Crippen LogP contribution in [0.5, 0.6) is 0 Å². The number of carbonyl (C=O) groups is 1. The monoisotopic (exact) mass is 213 g/mol. The largest absolute Gasteiger partial charge is 0.477 e. The van der Waals surface area contributed by atoms with Crippen LogP contribution in [0, 0.1) is 11.8 Å². The first kappa shape index (κ1) is 10.3. The van der Waals surface area contributed by atoms with E-state index >= 15 is 0 Å². The maximum absolute atomic E-state index is 11.1. The van der Waals surface area contributed by atoms with Gasteiger partial charge in [0.1, 0.15) is 5.69 Å². The summed E-state index contributed by atoms with van der Waals surface area (Å²) in [5.74, 6) is 4.74. The molecular formula is C13H11NO2. The molecule has 0 saturated heterocycles. The third-order valence-electron chi connectivity index (χ3n) is 2.44. The lowest BCUT2D eigenvalue weighted by atomic mass is 10.2. The quantitative estimate of drug-likeness (QED) is 0.778. The summed E-state index contributed by atoms with van der Waals surface area (Å²) in [5.41, 5.74) is 1.19. The van der Waals surface area contributed by atoms with Gasteiger partial charge in [-0.05, 0) is 19.1 Å². The van der Waals surface area contributed by atoms with Gasteiger partial charge in [0.2, 0.25) is 0 Å². The molecule has 0 aliphatic carbocycles. The molecule has 0 bridgehead atoms. The third kappa shape index (κ3) is 1.66. The maximum atomic E-state index is 11.1. The fourth-order valence-electron chi connectivity index (χ4n) is 1.72. The van der Waals surface area contributed by atoms with Crippen LogP contribution >= 0.6 is 0 Å². The minimum absolute atomic E-state index is 0.281.